The molecule has 0 aliphatic heterocycles. The molecule has 0 spiro atoms. The zero-order chi connectivity index (χ0) is 15.0. The van der Waals surface area contributed by atoms with Gasteiger partial charge in [0.25, 0.3) is 0 Å². The summed E-state index contributed by atoms with van der Waals surface area (Å²) >= 11 is 0. The van der Waals surface area contributed by atoms with Gasteiger partial charge in [0.15, 0.2) is 0 Å². The largest absolute Gasteiger partial charge is 0.383 e. The predicted octanol–water partition coefficient (Wildman–Crippen LogP) is 1.32. The number of rotatable bonds is 9. The van der Waals surface area contributed by atoms with E-state index in [9.17, 15) is 0 Å². The summed E-state index contributed by atoms with van der Waals surface area (Å²) in [6.07, 6.45) is 2.13. The Kier molecular flexibility index (Phi) is 7.65. The minimum atomic E-state index is 0.764. The van der Waals surface area contributed by atoms with Crippen LogP contribution in [-0.4, -0.2) is 55.8 Å². The highest BCUT2D eigenvalue weighted by Crippen LogP contribution is 2.13. The van der Waals surface area contributed by atoms with Crippen LogP contribution in [0.5, 0.6) is 0 Å². The van der Waals surface area contributed by atoms with Crippen molar-refractivity contribution in [2.24, 2.45) is 0 Å². The molecule has 0 radical (unpaired) electrons. The fourth-order valence-corrected chi connectivity index (χ4v) is 2.21. The second kappa shape index (κ2) is 9.00. The summed E-state index contributed by atoms with van der Waals surface area (Å²) in [5, 5.41) is 3.36. The van der Waals surface area contributed by atoms with Crippen molar-refractivity contribution in [2.75, 3.05) is 40.9 Å². The first-order chi connectivity index (χ1) is 9.54. The van der Waals surface area contributed by atoms with Crippen LogP contribution in [0.3, 0.4) is 0 Å². The lowest BCUT2D eigenvalue weighted by atomic mass is 10.1. The third kappa shape index (κ3) is 5.94. The van der Waals surface area contributed by atoms with Crippen LogP contribution in [0, 0.1) is 13.8 Å². The van der Waals surface area contributed by atoms with E-state index in [4.69, 9.17) is 4.74 Å². The Balaban J connectivity index is 2.49. The molecule has 1 rings (SSSR count). The van der Waals surface area contributed by atoms with Gasteiger partial charge in [0, 0.05) is 25.0 Å². The number of hydrogen-bond acceptors (Lipinski definition) is 5. The topological polar surface area (TPSA) is 50.3 Å². The van der Waals surface area contributed by atoms with E-state index in [-0.39, 0.29) is 0 Å². The minimum Gasteiger partial charge on any atom is -0.383 e. The molecule has 0 aliphatic carbocycles. The Bertz CT molecular complexity index is 384. The van der Waals surface area contributed by atoms with Crippen molar-refractivity contribution in [3.05, 3.63) is 22.8 Å². The third-order valence-electron chi connectivity index (χ3n) is 3.19. The first kappa shape index (κ1) is 17.0. The third-order valence-corrected chi connectivity index (χ3v) is 3.19. The molecule has 20 heavy (non-hydrogen) atoms. The van der Waals surface area contributed by atoms with Gasteiger partial charge in [-0.3, -0.25) is 0 Å². The molecular formula is C15H28N4O. The number of aromatic nitrogens is 2. The summed E-state index contributed by atoms with van der Waals surface area (Å²) in [5.74, 6) is 0.909. The zero-order valence-corrected chi connectivity index (χ0v) is 13.5. The summed E-state index contributed by atoms with van der Waals surface area (Å²) in [6, 6.07) is 0. The van der Waals surface area contributed by atoms with Crippen molar-refractivity contribution in [3.8, 4) is 0 Å². The first-order valence-corrected chi connectivity index (χ1v) is 7.22. The maximum absolute atomic E-state index is 5.00. The molecule has 0 saturated carbocycles. The Morgan fingerprint density at radius 2 is 1.75 bits per heavy atom. The maximum Gasteiger partial charge on any atom is 0.142 e. The van der Waals surface area contributed by atoms with Crippen LogP contribution in [0.2, 0.25) is 0 Å². The predicted molar refractivity (Wildman–Crippen MR) is 82.0 cm³/mol. The van der Waals surface area contributed by atoms with Crippen molar-refractivity contribution < 1.29 is 4.74 Å². The zero-order valence-electron chi connectivity index (χ0n) is 13.5. The second-order valence-electron chi connectivity index (χ2n) is 5.37. The van der Waals surface area contributed by atoms with E-state index in [0.717, 1.165) is 56.3 Å². The van der Waals surface area contributed by atoms with Crippen LogP contribution < -0.4 is 5.32 Å². The van der Waals surface area contributed by atoms with Gasteiger partial charge in [0.05, 0.1) is 13.2 Å². The van der Waals surface area contributed by atoms with E-state index >= 15 is 0 Å². The van der Waals surface area contributed by atoms with Gasteiger partial charge in [-0.15, -0.1) is 0 Å². The van der Waals surface area contributed by atoms with E-state index in [1.807, 2.05) is 14.1 Å². The van der Waals surface area contributed by atoms with Gasteiger partial charge in [-0.1, -0.05) is 0 Å². The highest BCUT2D eigenvalue weighted by molar-refractivity contribution is 5.24. The van der Waals surface area contributed by atoms with Gasteiger partial charge in [0.1, 0.15) is 5.82 Å². The molecule has 0 saturated heterocycles. The summed E-state index contributed by atoms with van der Waals surface area (Å²) in [7, 11) is 5.79. The quantitative estimate of drug-likeness (QED) is 0.692. The Hall–Kier alpha value is -1.04. The van der Waals surface area contributed by atoms with Gasteiger partial charge in [-0.05, 0) is 52.9 Å². The minimum absolute atomic E-state index is 0.764. The lowest BCUT2D eigenvalue weighted by Gasteiger charge is -2.13. The number of ether oxygens (including phenoxy) is 1. The normalized spacial score (nSPS) is 11.3. The molecule has 0 bridgehead atoms. The molecule has 1 heterocycles. The summed E-state index contributed by atoms with van der Waals surface area (Å²) < 4.78 is 5.00. The smallest absolute Gasteiger partial charge is 0.142 e. The van der Waals surface area contributed by atoms with Gasteiger partial charge in [0.2, 0.25) is 0 Å². The van der Waals surface area contributed by atoms with Gasteiger partial charge in [-0.25, -0.2) is 9.97 Å². The van der Waals surface area contributed by atoms with Crippen LogP contribution in [-0.2, 0) is 17.7 Å². The number of hydrogen-bond donors (Lipinski definition) is 1. The summed E-state index contributed by atoms with van der Waals surface area (Å²) in [6.45, 7) is 7.64. The van der Waals surface area contributed by atoms with Gasteiger partial charge < -0.3 is 15.0 Å². The molecule has 0 aliphatic rings. The van der Waals surface area contributed by atoms with E-state index in [0.29, 0.717) is 0 Å². The molecule has 0 atom stereocenters. The van der Waals surface area contributed by atoms with E-state index in [2.05, 4.69) is 34.0 Å². The van der Waals surface area contributed by atoms with E-state index in [1.54, 1.807) is 7.11 Å². The van der Waals surface area contributed by atoms with Crippen LogP contribution in [0.1, 0.15) is 29.2 Å². The van der Waals surface area contributed by atoms with Gasteiger partial charge >= 0.3 is 0 Å². The Labute approximate surface area is 122 Å². The lowest BCUT2D eigenvalue weighted by molar-refractivity contribution is 0.199. The fraction of sp³-hybridized carbons (Fsp3) is 0.733. The SMILES string of the molecule is COCCNCCCc1c(C)nc(CN(C)C)nc1C. The molecule has 0 aromatic carbocycles. The van der Waals surface area contributed by atoms with Crippen LogP contribution in [0.15, 0.2) is 0 Å². The molecule has 0 fully saturated rings. The molecule has 0 amide bonds. The average molecular weight is 280 g/mol. The van der Waals surface area contributed by atoms with Crippen molar-refractivity contribution in [2.45, 2.75) is 33.2 Å². The molecule has 114 valence electrons. The molecule has 1 N–H and O–H groups in total. The van der Waals surface area contributed by atoms with E-state index in [1.165, 1.54) is 5.56 Å². The van der Waals surface area contributed by atoms with Crippen molar-refractivity contribution in [1.82, 2.24) is 20.2 Å². The molecule has 1 aromatic rings. The Morgan fingerprint density at radius 3 is 2.30 bits per heavy atom. The molecule has 1 aromatic heterocycles. The fourth-order valence-electron chi connectivity index (χ4n) is 2.21. The van der Waals surface area contributed by atoms with Crippen LogP contribution in [0.25, 0.3) is 0 Å². The summed E-state index contributed by atoms with van der Waals surface area (Å²) in [5.41, 5.74) is 3.53. The van der Waals surface area contributed by atoms with Gasteiger partial charge in [-0.2, -0.15) is 0 Å². The van der Waals surface area contributed by atoms with E-state index < -0.39 is 0 Å². The highest BCUT2D eigenvalue weighted by atomic mass is 16.5. The lowest BCUT2D eigenvalue weighted by Crippen LogP contribution is -2.21. The van der Waals surface area contributed by atoms with Crippen LogP contribution >= 0.6 is 0 Å². The Morgan fingerprint density at radius 1 is 1.10 bits per heavy atom. The highest BCUT2D eigenvalue weighted by Gasteiger charge is 2.08. The molecular weight excluding hydrogens is 252 g/mol. The molecule has 0 unspecified atom stereocenters. The number of methoxy groups -OCH3 is 1. The van der Waals surface area contributed by atoms with Crippen LogP contribution in [0.4, 0.5) is 0 Å². The van der Waals surface area contributed by atoms with Crippen molar-refractivity contribution in [3.63, 3.8) is 0 Å². The number of nitrogens with one attached hydrogen (secondary N) is 1. The van der Waals surface area contributed by atoms with Crippen molar-refractivity contribution >= 4 is 0 Å². The average Bonchev–Trinajstić information content (AvgIpc) is 2.35. The monoisotopic (exact) mass is 280 g/mol. The molecule has 5 heteroatoms. The molecule has 5 nitrogen and oxygen atoms in total. The first-order valence-electron chi connectivity index (χ1n) is 7.22. The number of aryl methyl sites for hydroxylation is 2. The second-order valence-corrected chi connectivity index (χ2v) is 5.37. The summed E-state index contributed by atoms with van der Waals surface area (Å²) in [4.78, 5) is 11.3. The standard InChI is InChI=1S/C15H28N4O/c1-12-14(7-6-8-16-9-10-20-5)13(2)18-15(17-12)11-19(3)4/h16H,6-11H2,1-5H3. The van der Waals surface area contributed by atoms with Crippen molar-refractivity contribution in [1.29, 1.82) is 0 Å². The number of nitrogens with zero attached hydrogens (tertiary/aromatic N) is 3. The maximum atomic E-state index is 5.00.